The second-order valence-electron chi connectivity index (χ2n) is 12.5. The number of aromatic carboxylic acids is 1. The van der Waals surface area contributed by atoms with Crippen molar-refractivity contribution in [2.75, 3.05) is 45.3 Å². The molecule has 25 heteroatoms. The number of ether oxygens (including phenoxy) is 3. The zero-order valence-electron chi connectivity index (χ0n) is 31.0. The van der Waals surface area contributed by atoms with Crippen molar-refractivity contribution < 1.29 is 74.0 Å². The summed E-state index contributed by atoms with van der Waals surface area (Å²) in [4.78, 5) is 49.6. The minimum absolute atomic E-state index is 0.0933. The number of carboxylic acids is 2. The molecule has 0 bridgehead atoms. The fourth-order valence-electron chi connectivity index (χ4n) is 5.88. The van der Waals surface area contributed by atoms with Crippen LogP contribution in [-0.2, 0) is 34.5 Å². The highest BCUT2D eigenvalue weighted by Gasteiger charge is 2.29. The van der Waals surface area contributed by atoms with Gasteiger partial charge in [0.2, 0.25) is 0 Å². The number of carboxylic acid groups (broad SMARTS) is 2. The summed E-state index contributed by atoms with van der Waals surface area (Å²) in [5, 5.41) is 34.3. The van der Waals surface area contributed by atoms with E-state index >= 15 is 0 Å². The molecule has 2 aliphatic rings. The minimum atomic E-state index is -5.53. The van der Waals surface area contributed by atoms with Crippen molar-refractivity contribution in [1.82, 2.24) is 10.6 Å². The van der Waals surface area contributed by atoms with Crippen molar-refractivity contribution in [2.45, 2.75) is 16.0 Å². The van der Waals surface area contributed by atoms with Crippen molar-refractivity contribution in [3.8, 4) is 28.2 Å². The summed E-state index contributed by atoms with van der Waals surface area (Å²) < 4.78 is 95.6. The molecule has 7 N–H and O–H groups in total. The Kier molecular flexibility index (Phi) is 13.9. The number of carbonyl (C=O) groups is 4. The topological polar surface area (TPSA) is 387 Å². The summed E-state index contributed by atoms with van der Waals surface area (Å²) in [7, 11) is -11.0. The van der Waals surface area contributed by atoms with Crippen LogP contribution >= 0.6 is 0 Å². The molecule has 0 aromatic heterocycles. The number of amides is 2. The lowest BCUT2D eigenvalue weighted by molar-refractivity contribution is -0.143. The van der Waals surface area contributed by atoms with Crippen molar-refractivity contribution in [3.63, 3.8) is 0 Å². The minimum Gasteiger partial charge on any atom is -0.744 e. The number of azide groups is 1. The lowest BCUT2D eigenvalue weighted by Crippen LogP contribution is -2.34. The summed E-state index contributed by atoms with van der Waals surface area (Å²) in [6.45, 7) is -1.31. The predicted molar refractivity (Wildman–Crippen MR) is 205 cm³/mol. The van der Waals surface area contributed by atoms with E-state index in [9.17, 15) is 50.2 Å². The lowest BCUT2D eigenvalue weighted by Gasteiger charge is -2.22. The molecule has 1 unspecified atom stereocenters. The number of anilines is 1. The summed E-state index contributed by atoms with van der Waals surface area (Å²) >= 11 is 0. The van der Waals surface area contributed by atoms with E-state index in [-0.39, 0.29) is 71.9 Å². The number of hydrogen-bond donors (Lipinski definition) is 6. The van der Waals surface area contributed by atoms with Crippen LogP contribution in [0.15, 0.2) is 86.1 Å². The molecule has 0 radical (unpaired) electrons. The lowest BCUT2D eigenvalue weighted by atomic mass is 9.89. The van der Waals surface area contributed by atoms with Crippen LogP contribution in [0.1, 0.15) is 31.1 Å². The number of nitrogen functional groups attached to an aromatic ring is 1. The maximum absolute atomic E-state index is 13.4. The van der Waals surface area contributed by atoms with Crippen LogP contribution in [0.5, 0.6) is 5.75 Å². The predicted octanol–water partition coefficient (Wildman–Crippen LogP) is 2.07. The zero-order valence-corrected chi connectivity index (χ0v) is 32.6. The van der Waals surface area contributed by atoms with Crippen molar-refractivity contribution >= 4 is 60.6 Å². The van der Waals surface area contributed by atoms with Crippen LogP contribution in [0.2, 0.25) is 0 Å². The van der Waals surface area contributed by atoms with Gasteiger partial charge < -0.3 is 54.3 Å². The van der Waals surface area contributed by atoms with Crippen LogP contribution in [0, 0.1) is 5.41 Å². The Morgan fingerprint density at radius 1 is 0.885 bits per heavy atom. The van der Waals surface area contributed by atoms with Crippen LogP contribution in [0.4, 0.5) is 5.69 Å². The van der Waals surface area contributed by atoms with Gasteiger partial charge in [-0.05, 0) is 71.8 Å². The van der Waals surface area contributed by atoms with E-state index in [2.05, 4.69) is 20.7 Å². The third-order valence-electron chi connectivity index (χ3n) is 8.41. The molecule has 2 amide bonds. The van der Waals surface area contributed by atoms with Gasteiger partial charge in [0, 0.05) is 45.6 Å². The fourth-order valence-corrected chi connectivity index (χ4v) is 7.34. The van der Waals surface area contributed by atoms with Gasteiger partial charge in [-0.1, -0.05) is 11.2 Å². The number of carbonyl (C=O) groups excluding carboxylic acids is 2. The number of nitrogens with two attached hydrogens (primary N) is 1. The Morgan fingerprint density at radius 3 is 2.18 bits per heavy atom. The monoisotopic (exact) mass is 881 g/mol. The number of nitrogens with zero attached hydrogens (tertiary/aromatic N) is 3. The Morgan fingerprint density at radius 2 is 1.56 bits per heavy atom. The molecule has 23 nitrogen and oxygen atoms in total. The van der Waals surface area contributed by atoms with E-state index in [1.54, 1.807) is 0 Å². The molecule has 0 fully saturated rings. The van der Waals surface area contributed by atoms with Crippen molar-refractivity contribution in [1.29, 1.82) is 5.41 Å². The number of rotatable bonds is 19. The molecule has 5 rings (SSSR count). The maximum Gasteiger partial charge on any atom is 0.336 e. The highest BCUT2D eigenvalue weighted by atomic mass is 32.2. The second-order valence-corrected chi connectivity index (χ2v) is 15.1. The number of fused-ring (bicyclic) bond motifs is 2. The van der Waals surface area contributed by atoms with E-state index in [0.717, 1.165) is 42.5 Å². The maximum atomic E-state index is 13.4. The molecule has 3 aromatic rings. The van der Waals surface area contributed by atoms with E-state index in [0.29, 0.717) is 0 Å². The number of aliphatic carboxylic acids is 1. The molecule has 3 aromatic carbocycles. The van der Waals surface area contributed by atoms with Gasteiger partial charge in [0.05, 0.1) is 29.8 Å². The van der Waals surface area contributed by atoms with Gasteiger partial charge in [-0.2, -0.15) is 0 Å². The average Bonchev–Trinajstić information content (AvgIpc) is 3.18. The molecule has 1 aliphatic carbocycles. The summed E-state index contributed by atoms with van der Waals surface area (Å²) in [6, 6.07) is 13.2. The molecule has 320 valence electrons. The second kappa shape index (κ2) is 18.9. The summed E-state index contributed by atoms with van der Waals surface area (Å²) in [5.41, 5.74) is 11.7. The smallest absolute Gasteiger partial charge is 0.336 e. The van der Waals surface area contributed by atoms with Gasteiger partial charge >= 0.3 is 11.9 Å². The van der Waals surface area contributed by atoms with Gasteiger partial charge in [-0.15, -0.1) is 0 Å². The molecular formula is C36H31N7O16S2-2. The molecule has 0 saturated heterocycles. The molecule has 61 heavy (non-hydrogen) atoms. The van der Waals surface area contributed by atoms with Crippen molar-refractivity contribution in [2.24, 2.45) is 5.11 Å². The van der Waals surface area contributed by atoms with Gasteiger partial charge in [0.15, 0.2) is 17.6 Å². The molecule has 1 heterocycles. The Balaban J connectivity index is 1.36. The number of nitrogens with one attached hydrogen (secondary N) is 3. The first-order valence-electron chi connectivity index (χ1n) is 17.2. The van der Waals surface area contributed by atoms with Gasteiger partial charge in [0.25, 0.3) is 11.8 Å². The highest BCUT2D eigenvalue weighted by molar-refractivity contribution is 7.86. The molecule has 0 saturated carbocycles. The van der Waals surface area contributed by atoms with E-state index in [1.165, 1.54) is 24.3 Å². The van der Waals surface area contributed by atoms with Crippen LogP contribution in [0.3, 0.4) is 0 Å². The number of benzene rings is 4. The molecule has 0 spiro atoms. The van der Waals surface area contributed by atoms with E-state index in [4.69, 9.17) is 40.4 Å². The Bertz CT molecular complexity index is 2860. The fraction of sp³-hybridized carbons (Fsp3) is 0.194. The van der Waals surface area contributed by atoms with Gasteiger partial charge in [-0.25, -0.2) is 26.4 Å². The van der Waals surface area contributed by atoms with E-state index in [1.807, 2.05) is 0 Å². The first-order valence-corrected chi connectivity index (χ1v) is 20.0. The SMILES string of the molecule is [N-]=[N+]=NC(COc1cccc(C(=O)NCCNC(=O)c2ccc(C(=O)O)c(-c3c4ccc(=N)c(S(=O)(=O)[O-])c-4oc4c(S(=O)(=O)[O-])c(N)ccc34)c2)c1)OCCOCC(=O)O. The zero-order chi connectivity index (χ0) is 44.6. The van der Waals surface area contributed by atoms with E-state index < -0.39 is 94.6 Å². The first kappa shape index (κ1) is 45.0. The van der Waals surface area contributed by atoms with Crippen LogP contribution in [-0.4, -0.2) is 106 Å². The van der Waals surface area contributed by atoms with Gasteiger partial charge in [-0.3, -0.25) is 15.0 Å². The highest BCUT2D eigenvalue weighted by Crippen LogP contribution is 2.45. The first-order chi connectivity index (χ1) is 28.8. The standard InChI is InChI=1S/C36H33N7O16S2/c37-25-8-6-22-29(23-7-9-26(38)33(61(53,54)55)31(23)59-30(22)32(25)60(50,51)52)24-15-19(4-5-21(24)36(48)49)35(47)41-11-10-40-34(46)18-2-1-3-20(14-18)58-16-27(42-43-39)57-13-12-56-17-28(44)45/h1-9,14-15,27,37H,10-13,16-17,38H2,(H,40,46)(H,41,47)(H,44,45)(H,48,49)(H,50,51,52)(H,53,54,55)/p-2. The normalized spacial score (nSPS) is 12.0. The largest absolute Gasteiger partial charge is 0.744 e. The van der Waals surface area contributed by atoms with Crippen molar-refractivity contribution in [3.05, 3.63) is 99.2 Å². The quantitative estimate of drug-likeness (QED) is 0.0131. The number of hydrogen-bond acceptors (Lipinski definition) is 17. The molecular weight excluding hydrogens is 851 g/mol. The molecule has 1 aliphatic heterocycles. The summed E-state index contributed by atoms with van der Waals surface area (Å²) in [5.74, 6) is -4.82. The van der Waals surface area contributed by atoms with Crippen LogP contribution < -0.4 is 26.5 Å². The third kappa shape index (κ3) is 10.7. The van der Waals surface area contributed by atoms with Gasteiger partial charge in [0.1, 0.15) is 49.0 Å². The average molecular weight is 882 g/mol. The van der Waals surface area contributed by atoms with Crippen LogP contribution in [0.25, 0.3) is 43.9 Å². The Hall–Kier alpha value is -7.12. The Labute approximate surface area is 343 Å². The molecule has 1 atom stereocenters. The third-order valence-corrected chi connectivity index (χ3v) is 10.2. The summed E-state index contributed by atoms with van der Waals surface area (Å²) in [6.07, 6.45) is -1.11.